The highest BCUT2D eigenvalue weighted by Crippen LogP contribution is 2.23. The van der Waals surface area contributed by atoms with Crippen molar-refractivity contribution in [3.8, 4) is 16.9 Å². The lowest BCUT2D eigenvalue weighted by atomic mass is 10.0. The van der Waals surface area contributed by atoms with Gasteiger partial charge in [-0.2, -0.15) is 0 Å². The van der Waals surface area contributed by atoms with Crippen LogP contribution in [-0.4, -0.2) is 30.0 Å². The molecule has 0 saturated heterocycles. The van der Waals surface area contributed by atoms with E-state index in [1.54, 1.807) is 48.5 Å². The first-order valence-corrected chi connectivity index (χ1v) is 7.96. The standard InChI is InChI=1S/C19H18N2O6/c1-11(17(23)21-19(20)25)26-18(24)15-5-3-13(4-6-15)14-7-9-16(10-8-14)27-12(2)22/h3-11H,1-2H3,(H3,20,21,23,25). The van der Waals surface area contributed by atoms with Crippen molar-refractivity contribution in [3.63, 3.8) is 0 Å². The summed E-state index contributed by atoms with van der Waals surface area (Å²) in [7, 11) is 0. The lowest BCUT2D eigenvalue weighted by molar-refractivity contribution is -0.132. The van der Waals surface area contributed by atoms with Crippen LogP contribution in [-0.2, 0) is 14.3 Å². The Morgan fingerprint density at radius 1 is 0.926 bits per heavy atom. The highest BCUT2D eigenvalue weighted by molar-refractivity contribution is 5.98. The Morgan fingerprint density at radius 2 is 1.44 bits per heavy atom. The van der Waals surface area contributed by atoms with Crippen LogP contribution < -0.4 is 15.8 Å². The first kappa shape index (κ1) is 19.6. The number of urea groups is 1. The van der Waals surface area contributed by atoms with Gasteiger partial charge >= 0.3 is 18.0 Å². The molecule has 0 bridgehead atoms. The first-order chi connectivity index (χ1) is 12.8. The quantitative estimate of drug-likeness (QED) is 0.613. The van der Waals surface area contributed by atoms with Gasteiger partial charge < -0.3 is 15.2 Å². The van der Waals surface area contributed by atoms with E-state index < -0.39 is 30.0 Å². The van der Waals surface area contributed by atoms with Gasteiger partial charge in [0.05, 0.1) is 5.56 Å². The molecule has 0 fully saturated rings. The Labute approximate surface area is 155 Å². The number of carbonyl (C=O) groups is 4. The Bertz CT molecular complexity index is 859. The van der Waals surface area contributed by atoms with Crippen LogP contribution in [0, 0.1) is 0 Å². The second-order valence-corrected chi connectivity index (χ2v) is 5.60. The lowest BCUT2D eigenvalue weighted by Crippen LogP contribution is -2.42. The number of ether oxygens (including phenoxy) is 2. The van der Waals surface area contributed by atoms with Gasteiger partial charge in [-0.15, -0.1) is 0 Å². The Kier molecular flexibility index (Phi) is 6.27. The van der Waals surface area contributed by atoms with Gasteiger partial charge in [-0.05, 0) is 42.3 Å². The molecule has 2 aromatic carbocycles. The maximum atomic E-state index is 12.1. The molecule has 0 aliphatic heterocycles. The van der Waals surface area contributed by atoms with E-state index in [1.807, 2.05) is 5.32 Å². The monoisotopic (exact) mass is 370 g/mol. The van der Waals surface area contributed by atoms with E-state index >= 15 is 0 Å². The number of benzene rings is 2. The van der Waals surface area contributed by atoms with E-state index in [0.29, 0.717) is 5.75 Å². The number of amides is 3. The van der Waals surface area contributed by atoms with Gasteiger partial charge in [0.2, 0.25) is 0 Å². The molecule has 0 spiro atoms. The summed E-state index contributed by atoms with van der Waals surface area (Å²) in [5, 5.41) is 1.84. The molecule has 0 radical (unpaired) electrons. The number of hydrogen-bond acceptors (Lipinski definition) is 6. The van der Waals surface area contributed by atoms with Gasteiger partial charge in [0.25, 0.3) is 5.91 Å². The van der Waals surface area contributed by atoms with Crippen LogP contribution in [0.25, 0.3) is 11.1 Å². The normalized spacial score (nSPS) is 11.2. The Morgan fingerprint density at radius 3 is 1.93 bits per heavy atom. The van der Waals surface area contributed by atoms with Crippen molar-refractivity contribution in [1.29, 1.82) is 0 Å². The molecule has 0 heterocycles. The molecule has 0 aromatic heterocycles. The maximum Gasteiger partial charge on any atom is 0.338 e. The molecule has 2 aromatic rings. The Balaban J connectivity index is 2.03. The second-order valence-electron chi connectivity index (χ2n) is 5.60. The molecule has 27 heavy (non-hydrogen) atoms. The van der Waals surface area contributed by atoms with E-state index in [0.717, 1.165) is 11.1 Å². The summed E-state index contributed by atoms with van der Waals surface area (Å²) in [5.74, 6) is -1.47. The summed E-state index contributed by atoms with van der Waals surface area (Å²) in [4.78, 5) is 45.2. The summed E-state index contributed by atoms with van der Waals surface area (Å²) in [6.45, 7) is 2.65. The number of hydrogen-bond donors (Lipinski definition) is 2. The molecule has 3 N–H and O–H groups in total. The third-order valence-corrected chi connectivity index (χ3v) is 3.47. The summed E-state index contributed by atoms with van der Waals surface area (Å²) in [6, 6.07) is 12.4. The number of imide groups is 1. The minimum Gasteiger partial charge on any atom is -0.449 e. The average molecular weight is 370 g/mol. The van der Waals surface area contributed by atoms with Gasteiger partial charge in [0.15, 0.2) is 6.10 Å². The fourth-order valence-corrected chi connectivity index (χ4v) is 2.19. The molecule has 0 aliphatic carbocycles. The van der Waals surface area contributed by atoms with Crippen LogP contribution in [0.5, 0.6) is 5.75 Å². The van der Waals surface area contributed by atoms with Gasteiger partial charge in [-0.1, -0.05) is 24.3 Å². The van der Waals surface area contributed by atoms with Crippen molar-refractivity contribution in [2.45, 2.75) is 20.0 Å². The number of esters is 2. The van der Waals surface area contributed by atoms with Crippen LogP contribution in [0.2, 0.25) is 0 Å². The fraction of sp³-hybridized carbons (Fsp3) is 0.158. The smallest absolute Gasteiger partial charge is 0.338 e. The molecule has 1 unspecified atom stereocenters. The van der Waals surface area contributed by atoms with Gasteiger partial charge in [-0.25, -0.2) is 9.59 Å². The zero-order valence-electron chi connectivity index (χ0n) is 14.7. The zero-order chi connectivity index (χ0) is 20.0. The van der Waals surface area contributed by atoms with Crippen molar-refractivity contribution in [2.75, 3.05) is 0 Å². The van der Waals surface area contributed by atoms with Crippen LogP contribution in [0.4, 0.5) is 4.79 Å². The van der Waals surface area contributed by atoms with Crippen LogP contribution in [0.15, 0.2) is 48.5 Å². The zero-order valence-corrected chi connectivity index (χ0v) is 14.7. The summed E-state index contributed by atoms with van der Waals surface area (Å²) in [6.07, 6.45) is -1.17. The molecular formula is C19H18N2O6. The molecule has 8 nitrogen and oxygen atoms in total. The summed E-state index contributed by atoms with van der Waals surface area (Å²) < 4.78 is 9.96. The predicted molar refractivity (Wildman–Crippen MR) is 95.8 cm³/mol. The third-order valence-electron chi connectivity index (χ3n) is 3.47. The molecule has 0 aliphatic rings. The fourth-order valence-electron chi connectivity index (χ4n) is 2.19. The average Bonchev–Trinajstić information content (AvgIpc) is 2.61. The van der Waals surface area contributed by atoms with Crippen LogP contribution >= 0.6 is 0 Å². The molecule has 3 amide bonds. The van der Waals surface area contributed by atoms with Crippen molar-refractivity contribution in [1.82, 2.24) is 5.32 Å². The van der Waals surface area contributed by atoms with Gasteiger partial charge in [0.1, 0.15) is 5.75 Å². The SMILES string of the molecule is CC(=O)Oc1ccc(-c2ccc(C(=O)OC(C)C(=O)NC(N)=O)cc2)cc1. The highest BCUT2D eigenvalue weighted by atomic mass is 16.5. The van der Waals surface area contributed by atoms with E-state index in [4.69, 9.17) is 15.2 Å². The molecule has 1 atom stereocenters. The number of primary amides is 1. The molecular weight excluding hydrogens is 352 g/mol. The van der Waals surface area contributed by atoms with Crippen LogP contribution in [0.1, 0.15) is 24.2 Å². The summed E-state index contributed by atoms with van der Waals surface area (Å²) in [5.41, 5.74) is 6.78. The van der Waals surface area contributed by atoms with Crippen molar-refractivity contribution in [3.05, 3.63) is 54.1 Å². The van der Waals surface area contributed by atoms with E-state index in [2.05, 4.69) is 0 Å². The number of carbonyl (C=O) groups excluding carboxylic acids is 4. The van der Waals surface area contributed by atoms with Gasteiger partial charge in [0, 0.05) is 6.92 Å². The van der Waals surface area contributed by atoms with Crippen LogP contribution in [0.3, 0.4) is 0 Å². The minimum absolute atomic E-state index is 0.244. The molecule has 8 heteroatoms. The van der Waals surface area contributed by atoms with E-state index in [-0.39, 0.29) is 5.56 Å². The number of nitrogens with one attached hydrogen (secondary N) is 1. The van der Waals surface area contributed by atoms with Gasteiger partial charge in [-0.3, -0.25) is 14.9 Å². The van der Waals surface area contributed by atoms with Crippen molar-refractivity contribution in [2.24, 2.45) is 5.73 Å². The largest absolute Gasteiger partial charge is 0.449 e. The van der Waals surface area contributed by atoms with E-state index in [9.17, 15) is 19.2 Å². The number of rotatable bonds is 5. The first-order valence-electron chi connectivity index (χ1n) is 7.96. The number of nitrogens with two attached hydrogens (primary N) is 1. The Hall–Kier alpha value is -3.68. The molecule has 0 saturated carbocycles. The van der Waals surface area contributed by atoms with Crippen molar-refractivity contribution < 1.29 is 28.7 Å². The topological polar surface area (TPSA) is 125 Å². The lowest BCUT2D eigenvalue weighted by Gasteiger charge is -2.12. The maximum absolute atomic E-state index is 12.1. The minimum atomic E-state index is -1.17. The summed E-state index contributed by atoms with van der Waals surface area (Å²) >= 11 is 0. The predicted octanol–water partition coefficient (Wildman–Crippen LogP) is 2.02. The second kappa shape index (κ2) is 8.61. The molecule has 140 valence electrons. The van der Waals surface area contributed by atoms with Crippen molar-refractivity contribution >= 4 is 23.9 Å². The van der Waals surface area contributed by atoms with E-state index in [1.165, 1.54) is 13.8 Å². The highest BCUT2D eigenvalue weighted by Gasteiger charge is 2.20. The molecule has 2 rings (SSSR count). The third kappa shape index (κ3) is 5.67.